The summed E-state index contributed by atoms with van der Waals surface area (Å²) in [7, 11) is 0. The number of fused-ring (bicyclic) bond motifs is 2. The van der Waals surface area contributed by atoms with E-state index in [4.69, 9.17) is 0 Å². The van der Waals surface area contributed by atoms with Crippen LogP contribution < -0.4 is 10.9 Å². The van der Waals surface area contributed by atoms with Crippen molar-refractivity contribution >= 4 is 17.5 Å². The van der Waals surface area contributed by atoms with Crippen LogP contribution in [0.25, 0.3) is 5.65 Å². The Hall–Kier alpha value is -2.64. The van der Waals surface area contributed by atoms with Crippen LogP contribution in [0.1, 0.15) is 76.6 Å². The van der Waals surface area contributed by atoms with Gasteiger partial charge in [0.2, 0.25) is 5.91 Å². The van der Waals surface area contributed by atoms with Gasteiger partial charge in [0, 0.05) is 24.1 Å². The van der Waals surface area contributed by atoms with Crippen molar-refractivity contribution in [1.29, 1.82) is 0 Å². The smallest absolute Gasteiger partial charge is 0.280 e. The lowest BCUT2D eigenvalue weighted by Gasteiger charge is -2.22. The van der Waals surface area contributed by atoms with Gasteiger partial charge in [0.05, 0.1) is 17.8 Å². The van der Waals surface area contributed by atoms with Gasteiger partial charge in [-0.1, -0.05) is 41.5 Å². The molecule has 0 spiro atoms. The van der Waals surface area contributed by atoms with Crippen LogP contribution in [0, 0.1) is 5.92 Å². The second-order valence-corrected chi connectivity index (χ2v) is 9.66. The quantitative estimate of drug-likeness (QED) is 0.784. The molecule has 0 bridgehead atoms. The van der Waals surface area contributed by atoms with E-state index in [0.717, 1.165) is 12.1 Å². The van der Waals surface area contributed by atoms with Crippen LogP contribution in [0.4, 0.5) is 0 Å². The van der Waals surface area contributed by atoms with E-state index >= 15 is 0 Å². The molecule has 2 aromatic rings. The summed E-state index contributed by atoms with van der Waals surface area (Å²) in [5, 5.41) is 7.45. The zero-order valence-electron chi connectivity index (χ0n) is 19.1. The maximum Gasteiger partial charge on any atom is 0.280 e. The van der Waals surface area contributed by atoms with Crippen LogP contribution in [-0.4, -0.2) is 43.5 Å². The second-order valence-electron chi connectivity index (χ2n) is 9.66. The van der Waals surface area contributed by atoms with Crippen molar-refractivity contribution < 1.29 is 9.59 Å². The van der Waals surface area contributed by atoms with Crippen LogP contribution in [0.5, 0.6) is 0 Å². The number of rotatable bonds is 6. The minimum Gasteiger partial charge on any atom is -0.354 e. The third-order valence-corrected chi connectivity index (χ3v) is 5.67. The van der Waals surface area contributed by atoms with E-state index in [-0.39, 0.29) is 41.9 Å². The first-order valence-electron chi connectivity index (χ1n) is 10.7. The summed E-state index contributed by atoms with van der Waals surface area (Å²) in [6.07, 6.45) is 0.786. The zero-order chi connectivity index (χ0) is 22.4. The number of nitrogens with zero attached hydrogens (tertiary/aromatic N) is 4. The summed E-state index contributed by atoms with van der Waals surface area (Å²) in [5.74, 6) is -0.0717. The van der Waals surface area contributed by atoms with Gasteiger partial charge in [-0.2, -0.15) is 9.61 Å². The van der Waals surface area contributed by atoms with Gasteiger partial charge in [-0.05, 0) is 19.3 Å². The number of nitrogens with one attached hydrogen (secondary N) is 1. The molecular formula is C22H33N5O3. The molecule has 1 atom stereocenters. The number of carbonyl (C=O) groups excluding carboxylic acids is 2. The summed E-state index contributed by atoms with van der Waals surface area (Å²) in [6.45, 7) is 14.8. The molecular weight excluding hydrogens is 382 g/mol. The normalized spacial score (nSPS) is 15.2. The minimum atomic E-state index is -0.284. The van der Waals surface area contributed by atoms with E-state index in [9.17, 15) is 14.4 Å². The Bertz CT molecular complexity index is 1040. The molecule has 3 heterocycles. The molecule has 8 nitrogen and oxygen atoms in total. The fraction of sp³-hybridized carbons (Fsp3) is 0.636. The number of aromatic nitrogens is 3. The van der Waals surface area contributed by atoms with Crippen molar-refractivity contribution in [3.8, 4) is 0 Å². The molecule has 164 valence electrons. The summed E-state index contributed by atoms with van der Waals surface area (Å²) < 4.78 is 3.02. The van der Waals surface area contributed by atoms with E-state index in [1.807, 2.05) is 54.5 Å². The molecule has 30 heavy (non-hydrogen) atoms. The van der Waals surface area contributed by atoms with Gasteiger partial charge in [-0.25, -0.2) is 0 Å². The molecule has 0 fully saturated rings. The summed E-state index contributed by atoms with van der Waals surface area (Å²) in [4.78, 5) is 40.9. The molecule has 2 aromatic heterocycles. The molecule has 3 rings (SSSR count). The SMILES string of the molecule is CCC(C)N1Cc2c(n(CC(=O)NCC(C)C)c3cc(C(C)(C)C)nn3c2=O)C1=O. The van der Waals surface area contributed by atoms with Crippen molar-refractivity contribution in [2.45, 2.75) is 79.4 Å². The fourth-order valence-corrected chi connectivity index (χ4v) is 3.61. The standard InChI is InChI=1S/C22H33N5O3/c1-8-14(4)25-11-15-19(21(25)30)26(12-17(28)23-10-13(2)3)18-9-16(22(5,6)7)24-27(18)20(15)29/h9,13-14H,8,10-12H2,1-7H3,(H,23,28). The number of hydrogen-bond donors (Lipinski definition) is 1. The Labute approximate surface area is 177 Å². The van der Waals surface area contributed by atoms with Gasteiger partial charge in [-0.15, -0.1) is 0 Å². The Kier molecular flexibility index (Phi) is 5.80. The maximum atomic E-state index is 13.3. The molecule has 1 aliphatic heterocycles. The van der Waals surface area contributed by atoms with Crippen molar-refractivity contribution in [2.75, 3.05) is 6.54 Å². The Morgan fingerprint density at radius 2 is 1.90 bits per heavy atom. The second kappa shape index (κ2) is 7.89. The molecule has 0 aliphatic carbocycles. The van der Waals surface area contributed by atoms with Crippen molar-refractivity contribution in [3.63, 3.8) is 0 Å². The topological polar surface area (TPSA) is 88.7 Å². The Morgan fingerprint density at radius 3 is 2.47 bits per heavy atom. The molecule has 0 saturated carbocycles. The van der Waals surface area contributed by atoms with Gasteiger partial charge in [0.1, 0.15) is 17.9 Å². The van der Waals surface area contributed by atoms with Crippen LogP contribution in [0.2, 0.25) is 0 Å². The molecule has 1 N–H and O–H groups in total. The number of amides is 2. The molecule has 2 amide bonds. The third kappa shape index (κ3) is 3.87. The van der Waals surface area contributed by atoms with Crippen LogP contribution in [-0.2, 0) is 23.3 Å². The fourth-order valence-electron chi connectivity index (χ4n) is 3.61. The Morgan fingerprint density at radius 1 is 1.23 bits per heavy atom. The highest BCUT2D eigenvalue weighted by Gasteiger charge is 2.37. The van der Waals surface area contributed by atoms with E-state index < -0.39 is 0 Å². The summed E-state index contributed by atoms with van der Waals surface area (Å²) >= 11 is 0. The lowest BCUT2D eigenvalue weighted by Crippen LogP contribution is -2.35. The first kappa shape index (κ1) is 22.1. The van der Waals surface area contributed by atoms with Gasteiger partial charge in [-0.3, -0.25) is 14.4 Å². The van der Waals surface area contributed by atoms with Gasteiger partial charge in [0.15, 0.2) is 0 Å². The van der Waals surface area contributed by atoms with Crippen LogP contribution >= 0.6 is 0 Å². The predicted octanol–water partition coefficient (Wildman–Crippen LogP) is 2.32. The van der Waals surface area contributed by atoms with Gasteiger partial charge in [0.25, 0.3) is 11.5 Å². The predicted molar refractivity (Wildman–Crippen MR) is 116 cm³/mol. The number of hydrogen-bond acceptors (Lipinski definition) is 4. The first-order valence-corrected chi connectivity index (χ1v) is 10.7. The molecule has 1 aliphatic rings. The maximum absolute atomic E-state index is 13.3. The van der Waals surface area contributed by atoms with Crippen molar-refractivity contribution in [3.05, 3.63) is 33.4 Å². The monoisotopic (exact) mass is 415 g/mol. The molecule has 0 aromatic carbocycles. The Balaban J connectivity index is 2.18. The van der Waals surface area contributed by atoms with Gasteiger partial charge < -0.3 is 14.8 Å². The van der Waals surface area contributed by atoms with Gasteiger partial charge >= 0.3 is 0 Å². The minimum absolute atomic E-state index is 0.00461. The van der Waals surface area contributed by atoms with E-state index in [1.54, 1.807) is 9.47 Å². The van der Waals surface area contributed by atoms with Crippen LogP contribution in [0.3, 0.4) is 0 Å². The number of carbonyl (C=O) groups is 2. The highest BCUT2D eigenvalue weighted by atomic mass is 16.2. The molecule has 0 saturated heterocycles. The zero-order valence-corrected chi connectivity index (χ0v) is 19.1. The molecule has 8 heteroatoms. The van der Waals surface area contributed by atoms with Crippen molar-refractivity contribution in [2.24, 2.45) is 5.92 Å². The third-order valence-electron chi connectivity index (χ3n) is 5.67. The average molecular weight is 416 g/mol. The highest BCUT2D eigenvalue weighted by molar-refractivity contribution is 5.98. The van der Waals surface area contributed by atoms with E-state index in [2.05, 4.69) is 10.4 Å². The van der Waals surface area contributed by atoms with Crippen molar-refractivity contribution in [1.82, 2.24) is 24.4 Å². The average Bonchev–Trinajstić information content (AvgIpc) is 3.25. The lowest BCUT2D eigenvalue weighted by atomic mass is 9.93. The van der Waals surface area contributed by atoms with E-state index in [0.29, 0.717) is 29.4 Å². The highest BCUT2D eigenvalue weighted by Crippen LogP contribution is 2.27. The molecule has 1 unspecified atom stereocenters. The summed E-state index contributed by atoms with van der Waals surface area (Å²) in [6, 6.07) is 1.82. The first-order chi connectivity index (χ1) is 14.0. The summed E-state index contributed by atoms with van der Waals surface area (Å²) in [5.41, 5.74) is 1.39. The largest absolute Gasteiger partial charge is 0.354 e. The lowest BCUT2D eigenvalue weighted by molar-refractivity contribution is -0.121. The van der Waals surface area contributed by atoms with E-state index in [1.165, 1.54) is 4.52 Å². The molecule has 0 radical (unpaired) electrons. The van der Waals surface area contributed by atoms with Crippen LogP contribution in [0.15, 0.2) is 10.9 Å².